The Labute approximate surface area is 172 Å². The molecule has 1 saturated carbocycles. The van der Waals surface area contributed by atoms with Crippen molar-refractivity contribution in [3.05, 3.63) is 51.7 Å². The van der Waals surface area contributed by atoms with Crippen molar-refractivity contribution in [3.63, 3.8) is 0 Å². The molecule has 0 unspecified atom stereocenters. The molecule has 0 spiro atoms. The fourth-order valence-electron chi connectivity index (χ4n) is 4.96. The zero-order valence-corrected chi connectivity index (χ0v) is 17.5. The lowest BCUT2D eigenvalue weighted by Gasteiger charge is -2.38. The molecule has 1 aliphatic heterocycles. The molecule has 6 nitrogen and oxygen atoms in total. The highest BCUT2D eigenvalue weighted by Gasteiger charge is 2.34. The Morgan fingerprint density at radius 2 is 1.93 bits per heavy atom. The van der Waals surface area contributed by atoms with Crippen LogP contribution in [0.15, 0.2) is 29.1 Å². The number of benzene rings is 1. The molecule has 1 N–H and O–H groups in total. The van der Waals surface area contributed by atoms with Gasteiger partial charge in [-0.15, -0.1) is 0 Å². The van der Waals surface area contributed by atoms with Crippen LogP contribution in [0.4, 0.5) is 0 Å². The third kappa shape index (κ3) is 4.31. The lowest BCUT2D eigenvalue weighted by Crippen LogP contribution is -2.44. The third-order valence-corrected chi connectivity index (χ3v) is 6.64. The minimum Gasteiger partial charge on any atom is -0.354 e. The Kier molecular flexibility index (Phi) is 5.88. The highest BCUT2D eigenvalue weighted by Crippen LogP contribution is 2.39. The fourth-order valence-corrected chi connectivity index (χ4v) is 4.96. The molecule has 0 radical (unpaired) electrons. The van der Waals surface area contributed by atoms with E-state index in [0.717, 1.165) is 44.3 Å². The van der Waals surface area contributed by atoms with Crippen molar-refractivity contribution in [2.24, 2.45) is 0 Å². The monoisotopic (exact) mass is 396 g/mol. The molecule has 6 heteroatoms. The van der Waals surface area contributed by atoms with Crippen LogP contribution in [0.25, 0.3) is 0 Å². The SMILES string of the molecule is Cc1cccc(C2(CNC(=O)Cn3nc4n(c3=O)CCCCC4)CCCCC2)c1. The number of hydrogen-bond donors (Lipinski definition) is 1. The highest BCUT2D eigenvalue weighted by atomic mass is 16.2. The Hall–Kier alpha value is -2.37. The van der Waals surface area contributed by atoms with Crippen molar-refractivity contribution in [2.75, 3.05) is 6.54 Å². The summed E-state index contributed by atoms with van der Waals surface area (Å²) in [6, 6.07) is 8.68. The number of carbonyl (C=O) groups excluding carboxylic acids is 1. The van der Waals surface area contributed by atoms with Crippen LogP contribution in [0.1, 0.15) is 68.3 Å². The number of carbonyl (C=O) groups is 1. The lowest BCUT2D eigenvalue weighted by atomic mass is 9.69. The van der Waals surface area contributed by atoms with Gasteiger partial charge in [-0.2, -0.15) is 5.10 Å². The van der Waals surface area contributed by atoms with Crippen LogP contribution in [0, 0.1) is 6.92 Å². The number of hydrogen-bond acceptors (Lipinski definition) is 3. The molecule has 0 saturated heterocycles. The minimum absolute atomic E-state index is 0.00271. The first kappa shape index (κ1) is 19.9. The first-order valence-electron chi connectivity index (χ1n) is 11.1. The number of amides is 1. The normalized spacial score (nSPS) is 18.7. The quantitative estimate of drug-likeness (QED) is 0.844. The van der Waals surface area contributed by atoms with E-state index in [1.165, 1.54) is 35.1 Å². The van der Waals surface area contributed by atoms with E-state index < -0.39 is 0 Å². The van der Waals surface area contributed by atoms with Gasteiger partial charge >= 0.3 is 5.69 Å². The van der Waals surface area contributed by atoms with Crippen LogP contribution >= 0.6 is 0 Å². The molecule has 4 rings (SSSR count). The largest absolute Gasteiger partial charge is 0.354 e. The first-order chi connectivity index (χ1) is 14.1. The number of aryl methyl sites for hydroxylation is 2. The molecule has 29 heavy (non-hydrogen) atoms. The summed E-state index contributed by atoms with van der Waals surface area (Å²) >= 11 is 0. The van der Waals surface area contributed by atoms with Crippen molar-refractivity contribution >= 4 is 5.91 Å². The van der Waals surface area contributed by atoms with E-state index in [1.807, 2.05) is 0 Å². The maximum atomic E-state index is 12.7. The van der Waals surface area contributed by atoms with Crippen molar-refractivity contribution < 1.29 is 4.79 Å². The zero-order chi connectivity index (χ0) is 20.3. The summed E-state index contributed by atoms with van der Waals surface area (Å²) in [5.74, 6) is 0.696. The van der Waals surface area contributed by atoms with E-state index in [2.05, 4.69) is 41.6 Å². The van der Waals surface area contributed by atoms with Crippen molar-refractivity contribution in [1.82, 2.24) is 19.7 Å². The summed E-state index contributed by atoms with van der Waals surface area (Å²) in [7, 11) is 0. The molecule has 1 aromatic carbocycles. The van der Waals surface area contributed by atoms with Crippen LogP contribution in [-0.4, -0.2) is 26.8 Å². The molecule has 2 aliphatic rings. The van der Waals surface area contributed by atoms with E-state index in [4.69, 9.17) is 0 Å². The van der Waals surface area contributed by atoms with Gasteiger partial charge in [0, 0.05) is 24.9 Å². The molecule has 2 heterocycles. The van der Waals surface area contributed by atoms with Crippen LogP contribution in [0.3, 0.4) is 0 Å². The molecule has 156 valence electrons. The van der Waals surface area contributed by atoms with Gasteiger partial charge in [0.05, 0.1) is 0 Å². The van der Waals surface area contributed by atoms with E-state index in [-0.39, 0.29) is 23.6 Å². The van der Waals surface area contributed by atoms with Gasteiger partial charge in [0.15, 0.2) is 0 Å². The smallest absolute Gasteiger partial charge is 0.346 e. The lowest BCUT2D eigenvalue weighted by molar-refractivity contribution is -0.122. The zero-order valence-electron chi connectivity index (χ0n) is 17.5. The summed E-state index contributed by atoms with van der Waals surface area (Å²) < 4.78 is 3.09. The second-order valence-electron chi connectivity index (χ2n) is 8.81. The number of nitrogens with zero attached hydrogens (tertiary/aromatic N) is 3. The van der Waals surface area contributed by atoms with Gasteiger partial charge in [-0.1, -0.05) is 55.5 Å². The van der Waals surface area contributed by atoms with Gasteiger partial charge in [-0.25, -0.2) is 9.48 Å². The average molecular weight is 397 g/mol. The van der Waals surface area contributed by atoms with Crippen LogP contribution in [0.2, 0.25) is 0 Å². The maximum Gasteiger partial charge on any atom is 0.346 e. The molecule has 1 aliphatic carbocycles. The molecule has 2 aromatic rings. The first-order valence-corrected chi connectivity index (χ1v) is 11.1. The van der Waals surface area contributed by atoms with Gasteiger partial charge in [0.1, 0.15) is 12.4 Å². The standard InChI is InChI=1S/C23H32N4O2/c1-18-9-8-10-19(15-18)23(12-5-3-6-13-23)17-24-21(28)16-27-22(29)26-14-7-2-4-11-20(26)25-27/h8-10,15H,2-7,11-14,16-17H2,1H3,(H,24,28). The van der Waals surface area contributed by atoms with Crippen LogP contribution < -0.4 is 11.0 Å². The Balaban J connectivity index is 1.46. The van der Waals surface area contributed by atoms with E-state index in [0.29, 0.717) is 13.1 Å². The molecule has 0 bridgehead atoms. The van der Waals surface area contributed by atoms with E-state index in [9.17, 15) is 9.59 Å². The summed E-state index contributed by atoms with van der Waals surface area (Å²) in [4.78, 5) is 25.3. The maximum absolute atomic E-state index is 12.7. The van der Waals surface area contributed by atoms with Gasteiger partial charge < -0.3 is 5.32 Å². The fraction of sp³-hybridized carbons (Fsp3) is 0.609. The molecule has 0 atom stereocenters. The number of rotatable bonds is 5. The summed E-state index contributed by atoms with van der Waals surface area (Å²) in [6.07, 6.45) is 9.84. The molecular formula is C23H32N4O2. The van der Waals surface area contributed by atoms with Crippen molar-refractivity contribution in [3.8, 4) is 0 Å². The van der Waals surface area contributed by atoms with Crippen molar-refractivity contribution in [1.29, 1.82) is 0 Å². The highest BCUT2D eigenvalue weighted by molar-refractivity contribution is 5.75. The molecule has 1 fully saturated rings. The van der Waals surface area contributed by atoms with Crippen LogP contribution in [-0.2, 0) is 29.7 Å². The number of nitrogens with one attached hydrogen (secondary N) is 1. The third-order valence-electron chi connectivity index (χ3n) is 6.64. The van der Waals surface area contributed by atoms with Gasteiger partial charge in [-0.05, 0) is 38.2 Å². The van der Waals surface area contributed by atoms with Gasteiger partial charge in [0.25, 0.3) is 0 Å². The number of aromatic nitrogens is 3. The predicted octanol–water partition coefficient (Wildman–Crippen LogP) is 3.10. The summed E-state index contributed by atoms with van der Waals surface area (Å²) in [5, 5.41) is 7.57. The molecular weight excluding hydrogens is 364 g/mol. The van der Waals surface area contributed by atoms with E-state index in [1.54, 1.807) is 4.57 Å². The van der Waals surface area contributed by atoms with Gasteiger partial charge in [0.2, 0.25) is 5.91 Å². The molecule has 1 aromatic heterocycles. The molecule has 1 amide bonds. The summed E-state index contributed by atoms with van der Waals surface area (Å²) in [5.41, 5.74) is 2.42. The average Bonchev–Trinajstić information content (AvgIpc) is 2.89. The Bertz CT molecular complexity index is 921. The topological polar surface area (TPSA) is 68.9 Å². The summed E-state index contributed by atoms with van der Waals surface area (Å²) in [6.45, 7) is 3.46. The second-order valence-corrected chi connectivity index (χ2v) is 8.81. The van der Waals surface area contributed by atoms with Gasteiger partial charge in [-0.3, -0.25) is 9.36 Å². The van der Waals surface area contributed by atoms with Crippen molar-refractivity contribution in [2.45, 2.75) is 83.2 Å². The Morgan fingerprint density at radius 1 is 1.14 bits per heavy atom. The Morgan fingerprint density at radius 3 is 2.72 bits per heavy atom. The predicted molar refractivity (Wildman–Crippen MR) is 113 cm³/mol. The second kappa shape index (κ2) is 8.56. The number of fused-ring (bicyclic) bond motifs is 1. The minimum atomic E-state index is -0.150. The van der Waals surface area contributed by atoms with Crippen LogP contribution in [0.5, 0.6) is 0 Å². The van der Waals surface area contributed by atoms with E-state index >= 15 is 0 Å².